The Bertz CT molecular complexity index is 180. The van der Waals surface area contributed by atoms with Gasteiger partial charge in [-0.1, -0.05) is 0 Å². The predicted octanol–water partition coefficient (Wildman–Crippen LogP) is -1.86. The molecule has 1 aliphatic rings. The van der Waals surface area contributed by atoms with Crippen LogP contribution in [0.15, 0.2) is 0 Å². The summed E-state index contributed by atoms with van der Waals surface area (Å²) in [6, 6.07) is -0.877. The smallest absolute Gasteiger partial charge is 0.310 e. The third-order valence-electron chi connectivity index (χ3n) is 1.55. The van der Waals surface area contributed by atoms with Crippen molar-refractivity contribution in [3.8, 4) is 0 Å². The van der Waals surface area contributed by atoms with E-state index in [0.29, 0.717) is 0 Å². The molecule has 0 aromatic carbocycles. The molecule has 1 amide bonds. The maximum atomic E-state index is 10.6. The number of aliphatic carboxylic acids is 1. The van der Waals surface area contributed by atoms with Crippen LogP contribution in [0.4, 0.5) is 0 Å². The number of nitrogens with one attached hydrogen (secondary N) is 1. The summed E-state index contributed by atoms with van der Waals surface area (Å²) in [6.07, 6.45) is 0. The van der Waals surface area contributed by atoms with E-state index in [1.54, 1.807) is 0 Å². The molecule has 0 spiro atoms. The van der Waals surface area contributed by atoms with Gasteiger partial charge in [-0.15, -0.1) is 0 Å². The lowest BCUT2D eigenvalue weighted by atomic mass is 10.1. The van der Waals surface area contributed by atoms with Gasteiger partial charge in [-0.05, 0) is 0 Å². The number of carboxylic acids is 1. The minimum absolute atomic E-state index is 0.148. The van der Waals surface area contributed by atoms with Gasteiger partial charge in [0, 0.05) is 6.54 Å². The maximum Gasteiger partial charge on any atom is 0.310 e. The molecule has 0 unspecified atom stereocenters. The summed E-state index contributed by atoms with van der Waals surface area (Å²) in [5.41, 5.74) is 5.23. The van der Waals surface area contributed by atoms with Gasteiger partial charge in [0.15, 0.2) is 0 Å². The van der Waals surface area contributed by atoms with E-state index >= 15 is 0 Å². The Morgan fingerprint density at radius 3 is 2.60 bits per heavy atom. The van der Waals surface area contributed by atoms with Gasteiger partial charge in [0.05, 0.1) is 12.0 Å². The highest BCUT2D eigenvalue weighted by Gasteiger charge is 2.36. The summed E-state index contributed by atoms with van der Waals surface area (Å²) in [5.74, 6) is -2.16. The Hall–Kier alpha value is -1.10. The van der Waals surface area contributed by atoms with Crippen molar-refractivity contribution >= 4 is 11.9 Å². The van der Waals surface area contributed by atoms with Gasteiger partial charge in [0.2, 0.25) is 5.91 Å². The summed E-state index contributed by atoms with van der Waals surface area (Å²) >= 11 is 0. The number of carbonyl (C=O) groups excluding carboxylic acids is 1. The van der Waals surface area contributed by atoms with E-state index in [-0.39, 0.29) is 12.5 Å². The Balaban J connectivity index is 2.66. The lowest BCUT2D eigenvalue weighted by Crippen LogP contribution is -2.37. The molecule has 5 nitrogen and oxygen atoms in total. The highest BCUT2D eigenvalue weighted by atomic mass is 16.4. The van der Waals surface area contributed by atoms with Crippen molar-refractivity contribution < 1.29 is 14.7 Å². The molecule has 10 heavy (non-hydrogen) atoms. The van der Waals surface area contributed by atoms with Crippen molar-refractivity contribution in [1.29, 1.82) is 0 Å². The first-order chi connectivity index (χ1) is 4.63. The molecule has 0 bridgehead atoms. The molecule has 0 saturated carbocycles. The lowest BCUT2D eigenvalue weighted by Gasteiger charge is -2.04. The zero-order chi connectivity index (χ0) is 7.72. The molecule has 1 saturated heterocycles. The van der Waals surface area contributed by atoms with Crippen LogP contribution >= 0.6 is 0 Å². The highest BCUT2D eigenvalue weighted by Crippen LogP contribution is 2.06. The van der Waals surface area contributed by atoms with Crippen LogP contribution in [0.2, 0.25) is 0 Å². The third kappa shape index (κ3) is 0.950. The number of carboxylic acid groups (broad SMARTS) is 1. The van der Waals surface area contributed by atoms with Gasteiger partial charge in [-0.2, -0.15) is 0 Å². The lowest BCUT2D eigenvalue weighted by molar-refractivity contribution is -0.142. The molecular weight excluding hydrogens is 136 g/mol. The van der Waals surface area contributed by atoms with E-state index in [1.807, 2.05) is 0 Å². The molecule has 1 fully saturated rings. The zero-order valence-corrected chi connectivity index (χ0v) is 5.20. The molecule has 2 atom stereocenters. The number of amides is 1. The van der Waals surface area contributed by atoms with E-state index in [4.69, 9.17) is 10.8 Å². The van der Waals surface area contributed by atoms with Crippen LogP contribution in [-0.4, -0.2) is 29.6 Å². The van der Waals surface area contributed by atoms with Crippen molar-refractivity contribution in [2.75, 3.05) is 6.54 Å². The van der Waals surface area contributed by atoms with Crippen LogP contribution in [0.25, 0.3) is 0 Å². The quantitative estimate of drug-likeness (QED) is 0.402. The first kappa shape index (κ1) is 7.01. The fourth-order valence-corrected chi connectivity index (χ4v) is 0.879. The SMILES string of the molecule is N[C@H]1C(=O)NC[C@@H]1C(=O)O. The minimum Gasteiger partial charge on any atom is -0.481 e. The number of rotatable bonds is 1. The van der Waals surface area contributed by atoms with Gasteiger partial charge in [0.25, 0.3) is 0 Å². The van der Waals surface area contributed by atoms with Gasteiger partial charge in [0.1, 0.15) is 0 Å². The van der Waals surface area contributed by atoms with Crippen molar-refractivity contribution in [2.45, 2.75) is 6.04 Å². The molecule has 1 aliphatic heterocycles. The first-order valence-corrected chi connectivity index (χ1v) is 2.89. The Morgan fingerprint density at radius 1 is 1.80 bits per heavy atom. The summed E-state index contributed by atoms with van der Waals surface area (Å²) in [5, 5.41) is 10.8. The molecule has 0 aromatic heterocycles. The number of hydrogen-bond acceptors (Lipinski definition) is 3. The van der Waals surface area contributed by atoms with Gasteiger partial charge in [-0.25, -0.2) is 0 Å². The molecule has 1 rings (SSSR count). The topological polar surface area (TPSA) is 92.4 Å². The van der Waals surface area contributed by atoms with E-state index in [1.165, 1.54) is 0 Å². The predicted molar refractivity (Wildman–Crippen MR) is 32.1 cm³/mol. The van der Waals surface area contributed by atoms with Gasteiger partial charge in [-0.3, -0.25) is 9.59 Å². The van der Waals surface area contributed by atoms with E-state index in [0.717, 1.165) is 0 Å². The first-order valence-electron chi connectivity index (χ1n) is 2.89. The molecule has 5 heteroatoms. The molecule has 4 N–H and O–H groups in total. The second-order valence-corrected chi connectivity index (χ2v) is 2.22. The van der Waals surface area contributed by atoms with E-state index in [2.05, 4.69) is 5.32 Å². The third-order valence-corrected chi connectivity index (χ3v) is 1.55. The monoisotopic (exact) mass is 144 g/mol. The Kier molecular flexibility index (Phi) is 1.58. The number of carbonyl (C=O) groups is 2. The van der Waals surface area contributed by atoms with Crippen molar-refractivity contribution in [1.82, 2.24) is 5.32 Å². The fourth-order valence-electron chi connectivity index (χ4n) is 0.879. The Labute approximate surface area is 57.2 Å². The van der Waals surface area contributed by atoms with E-state index in [9.17, 15) is 9.59 Å². The molecule has 56 valence electrons. The maximum absolute atomic E-state index is 10.6. The standard InChI is InChI=1S/C5H8N2O3/c6-3-2(5(9)10)1-7-4(3)8/h2-3H,1,6H2,(H,7,8)(H,9,10)/t2-,3+/m0/s1. The molecule has 0 radical (unpaired) electrons. The molecule has 0 aliphatic carbocycles. The van der Waals surface area contributed by atoms with Crippen LogP contribution in [0.3, 0.4) is 0 Å². The summed E-state index contributed by atoms with van der Waals surface area (Å²) in [7, 11) is 0. The fraction of sp³-hybridized carbons (Fsp3) is 0.600. The molecule has 1 heterocycles. The van der Waals surface area contributed by atoms with Crippen molar-refractivity contribution in [3.05, 3.63) is 0 Å². The van der Waals surface area contributed by atoms with Crippen LogP contribution < -0.4 is 11.1 Å². The number of hydrogen-bond donors (Lipinski definition) is 3. The van der Waals surface area contributed by atoms with Gasteiger partial charge < -0.3 is 16.2 Å². The second-order valence-electron chi connectivity index (χ2n) is 2.22. The Morgan fingerprint density at radius 2 is 2.40 bits per heavy atom. The van der Waals surface area contributed by atoms with Crippen LogP contribution in [0.1, 0.15) is 0 Å². The molecule has 0 aromatic rings. The summed E-state index contributed by atoms with van der Waals surface area (Å²) in [4.78, 5) is 20.9. The average molecular weight is 144 g/mol. The normalized spacial score (nSPS) is 31.9. The van der Waals surface area contributed by atoms with Gasteiger partial charge >= 0.3 is 5.97 Å². The van der Waals surface area contributed by atoms with Crippen LogP contribution in [0.5, 0.6) is 0 Å². The van der Waals surface area contributed by atoms with Crippen molar-refractivity contribution in [2.24, 2.45) is 11.7 Å². The van der Waals surface area contributed by atoms with Crippen molar-refractivity contribution in [3.63, 3.8) is 0 Å². The summed E-state index contributed by atoms with van der Waals surface area (Å²) in [6.45, 7) is 0.148. The van der Waals surface area contributed by atoms with E-state index < -0.39 is 17.9 Å². The zero-order valence-electron chi connectivity index (χ0n) is 5.20. The van der Waals surface area contributed by atoms with Crippen LogP contribution in [0, 0.1) is 5.92 Å². The highest BCUT2D eigenvalue weighted by molar-refractivity contribution is 5.90. The molecular formula is C5H8N2O3. The van der Waals surface area contributed by atoms with Crippen LogP contribution in [-0.2, 0) is 9.59 Å². The summed E-state index contributed by atoms with van der Waals surface area (Å²) < 4.78 is 0. The average Bonchev–Trinajstić information content (AvgIpc) is 2.14. The minimum atomic E-state index is -1.02. The largest absolute Gasteiger partial charge is 0.481 e. The number of nitrogens with two attached hydrogens (primary N) is 1. The second kappa shape index (κ2) is 2.26.